The zero-order valence-corrected chi connectivity index (χ0v) is 23.0. The number of carbonyl (C=O) groups excluding carboxylic acids is 1. The number of nitrogens with one attached hydrogen (secondary N) is 2. The van der Waals surface area contributed by atoms with Gasteiger partial charge in [-0.2, -0.15) is 10.1 Å². The van der Waals surface area contributed by atoms with Crippen molar-refractivity contribution in [3.05, 3.63) is 48.0 Å². The van der Waals surface area contributed by atoms with Gasteiger partial charge in [-0.15, -0.1) is 0 Å². The van der Waals surface area contributed by atoms with E-state index >= 15 is 0 Å². The molecule has 6 rings (SSSR count). The van der Waals surface area contributed by atoms with Crippen molar-refractivity contribution >= 4 is 39.1 Å². The first-order chi connectivity index (χ1) is 19.3. The molecule has 4 heterocycles. The fraction of sp³-hybridized carbons (Fsp3) is 0.448. The first-order valence-corrected chi connectivity index (χ1v) is 13.8. The Labute approximate surface area is 231 Å². The monoisotopic (exact) mass is 547 g/mol. The predicted molar refractivity (Wildman–Crippen MR) is 152 cm³/mol. The molecule has 2 N–H and O–H groups in total. The normalized spacial score (nSPS) is 21.6. The molecule has 11 heteroatoms. The average Bonchev–Trinajstić information content (AvgIpc) is 3.32. The van der Waals surface area contributed by atoms with Gasteiger partial charge in [-0.25, -0.2) is 9.37 Å². The number of nitrogens with zero attached hydrogens (tertiary/aromatic N) is 5. The Kier molecular flexibility index (Phi) is 7.24. The number of aryl methyl sites for hydroxylation is 1. The number of piperazine rings is 1. The Morgan fingerprint density at radius 1 is 1.20 bits per heavy atom. The van der Waals surface area contributed by atoms with E-state index in [-0.39, 0.29) is 17.6 Å². The minimum atomic E-state index is -0.501. The highest BCUT2D eigenvalue weighted by Crippen LogP contribution is 2.31. The van der Waals surface area contributed by atoms with Crippen LogP contribution in [-0.2, 0) is 11.8 Å². The summed E-state index contributed by atoms with van der Waals surface area (Å²) in [5, 5.41) is 11.9. The van der Waals surface area contributed by atoms with Crippen LogP contribution < -0.4 is 20.3 Å². The smallest absolute Gasteiger partial charge is 0.317 e. The van der Waals surface area contributed by atoms with E-state index in [0.29, 0.717) is 40.8 Å². The fourth-order valence-electron chi connectivity index (χ4n) is 5.73. The van der Waals surface area contributed by atoms with Crippen molar-refractivity contribution in [2.45, 2.75) is 51.3 Å². The summed E-state index contributed by atoms with van der Waals surface area (Å²) >= 11 is 0. The maximum atomic E-state index is 14.7. The number of carbonyl (C=O) groups is 1. The number of fused-ring (bicyclic) bond motifs is 2. The van der Waals surface area contributed by atoms with Gasteiger partial charge in [0, 0.05) is 73.4 Å². The number of hydrogen-bond donors (Lipinski definition) is 2. The molecule has 3 atom stereocenters. The second-order valence-electron chi connectivity index (χ2n) is 10.9. The van der Waals surface area contributed by atoms with Crippen LogP contribution in [0.25, 0.3) is 21.8 Å². The average molecular weight is 548 g/mol. The first-order valence-electron chi connectivity index (χ1n) is 13.8. The standard InChI is InChI=1S/C29H34FN7O3/c1-17-13-37(14-18(2)32-17)25-8-7-22(28(38)33-20-10-19-15-36(3)35-26(19)24(30)11-20)27-23(25)12-31-29(34-27)40-16-21-6-4-5-9-39-21/h7-8,10-12,15,17-18,21,32H,4-6,9,13-14,16H2,1-3H3,(H,33,38)/t17-,18+,21-/m0/s1. The van der Waals surface area contributed by atoms with Crippen LogP contribution in [0.2, 0.25) is 0 Å². The number of ether oxygens (including phenoxy) is 2. The van der Waals surface area contributed by atoms with E-state index in [4.69, 9.17) is 14.5 Å². The van der Waals surface area contributed by atoms with E-state index in [2.05, 4.69) is 39.5 Å². The molecule has 40 heavy (non-hydrogen) atoms. The molecule has 2 fully saturated rings. The van der Waals surface area contributed by atoms with Crippen molar-refractivity contribution < 1.29 is 18.7 Å². The molecule has 0 radical (unpaired) electrons. The molecule has 2 aliphatic heterocycles. The molecule has 2 aliphatic rings. The van der Waals surface area contributed by atoms with Gasteiger partial charge in [0.1, 0.15) is 12.1 Å². The lowest BCUT2D eigenvalue weighted by atomic mass is 10.0. The molecule has 0 saturated carbocycles. The van der Waals surface area contributed by atoms with E-state index in [0.717, 1.165) is 50.0 Å². The van der Waals surface area contributed by atoms with Crippen molar-refractivity contribution in [1.29, 1.82) is 0 Å². The van der Waals surface area contributed by atoms with Crippen LogP contribution in [0.4, 0.5) is 15.8 Å². The van der Waals surface area contributed by atoms with Crippen molar-refractivity contribution in [3.8, 4) is 6.01 Å². The number of halogens is 1. The maximum absolute atomic E-state index is 14.7. The molecule has 2 aromatic heterocycles. The molecule has 0 aliphatic carbocycles. The molecule has 10 nitrogen and oxygen atoms in total. The SMILES string of the molecule is C[C@@H]1CN(c2ccc(C(=O)Nc3cc(F)c4nn(C)cc4c3)c3nc(OC[C@@H]4CCCCO4)ncc23)C[C@H](C)N1. The summed E-state index contributed by atoms with van der Waals surface area (Å²) in [5.41, 5.74) is 2.38. The summed E-state index contributed by atoms with van der Waals surface area (Å²) in [4.78, 5) is 25.1. The minimum Gasteiger partial charge on any atom is -0.461 e. The van der Waals surface area contributed by atoms with Crippen LogP contribution in [0.3, 0.4) is 0 Å². The van der Waals surface area contributed by atoms with Crippen molar-refractivity contribution in [2.24, 2.45) is 7.05 Å². The Balaban J connectivity index is 1.34. The van der Waals surface area contributed by atoms with Gasteiger partial charge >= 0.3 is 6.01 Å². The molecular formula is C29H34FN7O3. The predicted octanol–water partition coefficient (Wildman–Crippen LogP) is 4.04. The molecule has 0 unspecified atom stereocenters. The summed E-state index contributed by atoms with van der Waals surface area (Å²) in [6.45, 7) is 7.01. The highest BCUT2D eigenvalue weighted by molar-refractivity contribution is 6.14. The third kappa shape index (κ3) is 5.44. The second kappa shape index (κ2) is 11.0. The van der Waals surface area contributed by atoms with E-state index in [1.165, 1.54) is 6.07 Å². The lowest BCUT2D eigenvalue weighted by Crippen LogP contribution is -2.54. The van der Waals surface area contributed by atoms with Crippen LogP contribution in [0.5, 0.6) is 6.01 Å². The van der Waals surface area contributed by atoms with Crippen molar-refractivity contribution in [3.63, 3.8) is 0 Å². The molecular weight excluding hydrogens is 513 g/mol. The van der Waals surface area contributed by atoms with Crippen LogP contribution >= 0.6 is 0 Å². The zero-order valence-electron chi connectivity index (χ0n) is 23.0. The molecule has 4 aromatic rings. The van der Waals surface area contributed by atoms with E-state index < -0.39 is 11.7 Å². The summed E-state index contributed by atoms with van der Waals surface area (Å²) < 4.78 is 27.9. The molecule has 0 bridgehead atoms. The van der Waals surface area contributed by atoms with Crippen LogP contribution in [0.1, 0.15) is 43.5 Å². The van der Waals surface area contributed by atoms with Crippen molar-refractivity contribution in [1.82, 2.24) is 25.1 Å². The Bertz CT molecular complexity index is 1540. The second-order valence-corrected chi connectivity index (χ2v) is 10.9. The lowest BCUT2D eigenvalue weighted by Gasteiger charge is -2.38. The number of rotatable bonds is 6. The topological polar surface area (TPSA) is 106 Å². The third-order valence-corrected chi connectivity index (χ3v) is 7.46. The Morgan fingerprint density at radius 2 is 2.02 bits per heavy atom. The summed E-state index contributed by atoms with van der Waals surface area (Å²) in [6.07, 6.45) is 6.54. The molecule has 2 saturated heterocycles. The number of benzene rings is 2. The maximum Gasteiger partial charge on any atom is 0.317 e. The molecule has 1 amide bonds. The van der Waals surface area contributed by atoms with Gasteiger partial charge in [-0.1, -0.05) is 0 Å². The molecule has 0 spiro atoms. The first kappa shape index (κ1) is 26.4. The molecule has 2 aromatic carbocycles. The minimum absolute atomic E-state index is 0.00302. The van der Waals surface area contributed by atoms with Crippen LogP contribution in [0, 0.1) is 5.82 Å². The van der Waals surface area contributed by atoms with Gasteiger partial charge in [0.25, 0.3) is 5.91 Å². The van der Waals surface area contributed by atoms with Gasteiger partial charge < -0.3 is 25.0 Å². The fourth-order valence-corrected chi connectivity index (χ4v) is 5.73. The van der Waals surface area contributed by atoms with Gasteiger partial charge in [0.15, 0.2) is 5.82 Å². The largest absolute Gasteiger partial charge is 0.461 e. The van der Waals surface area contributed by atoms with E-state index in [1.54, 1.807) is 36.3 Å². The summed E-state index contributed by atoms with van der Waals surface area (Å²) in [5.74, 6) is -0.903. The highest BCUT2D eigenvalue weighted by Gasteiger charge is 2.25. The van der Waals surface area contributed by atoms with E-state index in [9.17, 15) is 9.18 Å². The number of hydrogen-bond acceptors (Lipinski definition) is 8. The number of amides is 1. The molecule has 210 valence electrons. The van der Waals surface area contributed by atoms with Gasteiger partial charge in [-0.05, 0) is 57.4 Å². The van der Waals surface area contributed by atoms with Crippen LogP contribution in [-0.4, -0.2) is 70.1 Å². The lowest BCUT2D eigenvalue weighted by molar-refractivity contribution is -0.0128. The van der Waals surface area contributed by atoms with E-state index in [1.807, 2.05) is 6.07 Å². The summed E-state index contributed by atoms with van der Waals surface area (Å²) in [7, 11) is 1.73. The van der Waals surface area contributed by atoms with Gasteiger partial charge in [0.05, 0.1) is 17.2 Å². The third-order valence-electron chi connectivity index (χ3n) is 7.46. The zero-order chi connectivity index (χ0) is 27.8. The van der Waals surface area contributed by atoms with Crippen molar-refractivity contribution in [2.75, 3.05) is 36.5 Å². The van der Waals surface area contributed by atoms with Crippen LogP contribution in [0.15, 0.2) is 36.7 Å². The van der Waals surface area contributed by atoms with Gasteiger partial charge in [0.2, 0.25) is 0 Å². The number of anilines is 2. The Morgan fingerprint density at radius 3 is 2.80 bits per heavy atom. The highest BCUT2D eigenvalue weighted by atomic mass is 19.1. The summed E-state index contributed by atoms with van der Waals surface area (Å²) in [6, 6.07) is 7.49. The number of aromatic nitrogens is 4. The Hall–Kier alpha value is -3.83. The van der Waals surface area contributed by atoms with Gasteiger partial charge in [-0.3, -0.25) is 9.48 Å². The quantitative estimate of drug-likeness (QED) is 0.373.